The summed E-state index contributed by atoms with van der Waals surface area (Å²) in [6, 6.07) is 4.64. The Morgan fingerprint density at radius 1 is 1.53 bits per heavy atom. The van der Waals surface area contributed by atoms with Crippen molar-refractivity contribution < 1.29 is 0 Å². The SMILES string of the molecule is CN(c1ccc(Cl)s1)C1CNC(C)(C)C1. The summed E-state index contributed by atoms with van der Waals surface area (Å²) in [5.41, 5.74) is 0.264. The van der Waals surface area contributed by atoms with Crippen molar-refractivity contribution in [1.29, 1.82) is 0 Å². The van der Waals surface area contributed by atoms with E-state index >= 15 is 0 Å². The van der Waals surface area contributed by atoms with Crippen molar-refractivity contribution in [2.75, 3.05) is 18.5 Å². The summed E-state index contributed by atoms with van der Waals surface area (Å²) in [5, 5.41) is 4.79. The number of thiophene rings is 1. The Labute approximate surface area is 100 Å². The predicted molar refractivity (Wildman–Crippen MR) is 68.2 cm³/mol. The lowest BCUT2D eigenvalue weighted by Crippen LogP contribution is -2.32. The molecule has 15 heavy (non-hydrogen) atoms. The number of hydrogen-bond donors (Lipinski definition) is 1. The van der Waals surface area contributed by atoms with Gasteiger partial charge in [-0.05, 0) is 32.4 Å². The molecule has 0 radical (unpaired) electrons. The van der Waals surface area contributed by atoms with Gasteiger partial charge >= 0.3 is 0 Å². The molecule has 1 unspecified atom stereocenters. The number of anilines is 1. The number of nitrogens with zero attached hydrogens (tertiary/aromatic N) is 1. The van der Waals surface area contributed by atoms with Gasteiger partial charge in [0.05, 0.1) is 9.34 Å². The Hall–Kier alpha value is -0.250. The highest BCUT2D eigenvalue weighted by atomic mass is 35.5. The molecular formula is C11H17ClN2S. The average Bonchev–Trinajstić information content (AvgIpc) is 2.71. The van der Waals surface area contributed by atoms with E-state index in [1.165, 1.54) is 11.4 Å². The largest absolute Gasteiger partial charge is 0.362 e. The third-order valence-corrected chi connectivity index (χ3v) is 4.34. The van der Waals surface area contributed by atoms with Crippen molar-refractivity contribution in [1.82, 2.24) is 5.32 Å². The van der Waals surface area contributed by atoms with Gasteiger partial charge in [0.25, 0.3) is 0 Å². The molecular weight excluding hydrogens is 228 g/mol. The van der Waals surface area contributed by atoms with E-state index in [0.29, 0.717) is 6.04 Å². The lowest BCUT2D eigenvalue weighted by Gasteiger charge is -2.25. The van der Waals surface area contributed by atoms with E-state index in [4.69, 9.17) is 11.6 Å². The van der Waals surface area contributed by atoms with E-state index in [-0.39, 0.29) is 5.54 Å². The van der Waals surface area contributed by atoms with Gasteiger partial charge in [0.15, 0.2) is 0 Å². The monoisotopic (exact) mass is 244 g/mol. The first-order valence-corrected chi connectivity index (χ1v) is 6.40. The maximum Gasteiger partial charge on any atom is 0.0950 e. The number of rotatable bonds is 2. The summed E-state index contributed by atoms with van der Waals surface area (Å²) in [7, 11) is 2.15. The molecule has 0 spiro atoms. The molecule has 1 aromatic heterocycles. The molecule has 0 amide bonds. The second-order valence-corrected chi connectivity index (χ2v) is 6.50. The summed E-state index contributed by atoms with van der Waals surface area (Å²) in [4.78, 5) is 2.33. The van der Waals surface area contributed by atoms with Gasteiger partial charge in [-0.15, -0.1) is 11.3 Å². The number of nitrogens with one attached hydrogen (secondary N) is 1. The van der Waals surface area contributed by atoms with Gasteiger partial charge in [0.1, 0.15) is 0 Å². The van der Waals surface area contributed by atoms with E-state index in [0.717, 1.165) is 10.9 Å². The topological polar surface area (TPSA) is 15.3 Å². The van der Waals surface area contributed by atoms with Crippen molar-refractivity contribution >= 4 is 27.9 Å². The maximum atomic E-state index is 5.94. The molecule has 4 heteroatoms. The Kier molecular flexibility index (Phi) is 2.97. The van der Waals surface area contributed by atoms with E-state index < -0.39 is 0 Å². The van der Waals surface area contributed by atoms with Gasteiger partial charge in [0, 0.05) is 25.2 Å². The van der Waals surface area contributed by atoms with Crippen LogP contribution in [0.4, 0.5) is 5.00 Å². The number of halogens is 1. The Morgan fingerprint density at radius 2 is 2.27 bits per heavy atom. The van der Waals surface area contributed by atoms with Crippen LogP contribution < -0.4 is 10.2 Å². The molecule has 0 bridgehead atoms. The molecule has 1 atom stereocenters. The Bertz CT molecular complexity index is 348. The van der Waals surface area contributed by atoms with Crippen LogP contribution >= 0.6 is 22.9 Å². The summed E-state index contributed by atoms with van der Waals surface area (Å²) < 4.78 is 0.863. The van der Waals surface area contributed by atoms with E-state index in [2.05, 4.69) is 37.2 Å². The van der Waals surface area contributed by atoms with Crippen LogP contribution in [0.2, 0.25) is 4.34 Å². The Morgan fingerprint density at radius 3 is 2.73 bits per heavy atom. The lowest BCUT2D eigenvalue weighted by atomic mass is 10.0. The van der Waals surface area contributed by atoms with Crippen LogP contribution in [0.5, 0.6) is 0 Å². The highest BCUT2D eigenvalue weighted by Gasteiger charge is 2.32. The fourth-order valence-corrected chi connectivity index (χ4v) is 3.14. The summed E-state index contributed by atoms with van der Waals surface area (Å²) in [6.45, 7) is 5.56. The summed E-state index contributed by atoms with van der Waals surface area (Å²) >= 11 is 7.59. The van der Waals surface area contributed by atoms with Gasteiger partial charge in [-0.25, -0.2) is 0 Å². The lowest BCUT2D eigenvalue weighted by molar-refractivity contribution is 0.454. The quantitative estimate of drug-likeness (QED) is 0.861. The van der Waals surface area contributed by atoms with Crippen LogP contribution in [0.25, 0.3) is 0 Å². The maximum absolute atomic E-state index is 5.94. The molecule has 0 saturated carbocycles. The van der Waals surface area contributed by atoms with Crippen molar-refractivity contribution in [2.45, 2.75) is 31.8 Å². The average molecular weight is 245 g/mol. The molecule has 1 N–H and O–H groups in total. The molecule has 1 aliphatic heterocycles. The van der Waals surface area contributed by atoms with Crippen LogP contribution in [0.1, 0.15) is 20.3 Å². The molecule has 84 valence electrons. The standard InChI is InChI=1S/C11H17ClN2S/c1-11(2)6-8(7-13-11)14(3)10-5-4-9(12)15-10/h4-5,8,13H,6-7H2,1-3H3. The van der Waals surface area contributed by atoms with Gasteiger partial charge in [-0.2, -0.15) is 0 Å². The molecule has 2 heterocycles. The summed E-state index contributed by atoms with van der Waals surface area (Å²) in [6.07, 6.45) is 1.18. The zero-order valence-corrected chi connectivity index (χ0v) is 11.0. The number of hydrogen-bond acceptors (Lipinski definition) is 3. The van der Waals surface area contributed by atoms with Crippen molar-refractivity contribution in [3.63, 3.8) is 0 Å². The molecule has 0 aliphatic carbocycles. The normalized spacial score (nSPS) is 24.4. The first-order chi connectivity index (χ1) is 6.98. The fourth-order valence-electron chi connectivity index (χ4n) is 2.08. The Balaban J connectivity index is 2.06. The second kappa shape index (κ2) is 3.96. The second-order valence-electron chi connectivity index (χ2n) is 4.81. The van der Waals surface area contributed by atoms with Crippen molar-refractivity contribution in [2.24, 2.45) is 0 Å². The number of likely N-dealkylation sites (N-methyl/N-ethyl adjacent to an activating group) is 1. The van der Waals surface area contributed by atoms with Gasteiger partial charge < -0.3 is 10.2 Å². The molecule has 1 aliphatic rings. The van der Waals surface area contributed by atoms with E-state index in [1.54, 1.807) is 11.3 Å². The van der Waals surface area contributed by atoms with Crippen LogP contribution in [-0.4, -0.2) is 25.2 Å². The van der Waals surface area contributed by atoms with Crippen molar-refractivity contribution in [3.05, 3.63) is 16.5 Å². The van der Waals surface area contributed by atoms with Gasteiger partial charge in [-0.1, -0.05) is 11.6 Å². The predicted octanol–water partition coefficient (Wildman–Crippen LogP) is 2.98. The molecule has 1 saturated heterocycles. The minimum atomic E-state index is 0.264. The third kappa shape index (κ3) is 2.47. The zero-order valence-electron chi connectivity index (χ0n) is 9.38. The molecule has 1 aromatic rings. The van der Waals surface area contributed by atoms with E-state index in [9.17, 15) is 0 Å². The minimum absolute atomic E-state index is 0.264. The molecule has 0 aromatic carbocycles. The van der Waals surface area contributed by atoms with Gasteiger partial charge in [0.2, 0.25) is 0 Å². The first-order valence-electron chi connectivity index (χ1n) is 5.21. The molecule has 2 nitrogen and oxygen atoms in total. The summed E-state index contributed by atoms with van der Waals surface area (Å²) in [5.74, 6) is 0. The van der Waals surface area contributed by atoms with Crippen LogP contribution in [0, 0.1) is 0 Å². The first kappa shape index (κ1) is 11.2. The van der Waals surface area contributed by atoms with Crippen LogP contribution in [0.15, 0.2) is 12.1 Å². The third-order valence-electron chi connectivity index (χ3n) is 3.02. The van der Waals surface area contributed by atoms with Crippen molar-refractivity contribution in [3.8, 4) is 0 Å². The fraction of sp³-hybridized carbons (Fsp3) is 0.636. The highest BCUT2D eigenvalue weighted by molar-refractivity contribution is 7.19. The molecule has 1 fully saturated rings. The van der Waals surface area contributed by atoms with Crippen LogP contribution in [-0.2, 0) is 0 Å². The van der Waals surface area contributed by atoms with E-state index in [1.807, 2.05) is 6.07 Å². The highest BCUT2D eigenvalue weighted by Crippen LogP contribution is 2.32. The molecule has 2 rings (SSSR count). The van der Waals surface area contributed by atoms with Crippen LogP contribution in [0.3, 0.4) is 0 Å². The zero-order chi connectivity index (χ0) is 11.1. The smallest absolute Gasteiger partial charge is 0.0950 e. The minimum Gasteiger partial charge on any atom is -0.362 e. The van der Waals surface area contributed by atoms with Gasteiger partial charge in [-0.3, -0.25) is 0 Å².